The van der Waals surface area contributed by atoms with Crippen LogP contribution in [0.5, 0.6) is 0 Å². The molecule has 2 fully saturated rings. The van der Waals surface area contributed by atoms with Gasteiger partial charge < -0.3 is 29.7 Å². The minimum atomic E-state index is -2.74. The van der Waals surface area contributed by atoms with Gasteiger partial charge in [-0.25, -0.2) is 4.79 Å². The van der Waals surface area contributed by atoms with Gasteiger partial charge in [-0.2, -0.15) is 0 Å². The van der Waals surface area contributed by atoms with E-state index < -0.39 is 36.4 Å². The molecule has 40 heavy (non-hydrogen) atoms. The highest BCUT2D eigenvalue weighted by molar-refractivity contribution is 5.88. The highest BCUT2D eigenvalue weighted by Crippen LogP contribution is 2.30. The summed E-state index contributed by atoms with van der Waals surface area (Å²) in [7, 11) is 0. The summed E-state index contributed by atoms with van der Waals surface area (Å²) < 4.78 is 11.4. The van der Waals surface area contributed by atoms with Gasteiger partial charge in [0.25, 0.3) is 0 Å². The van der Waals surface area contributed by atoms with Crippen LogP contribution in [0.25, 0.3) is 0 Å². The summed E-state index contributed by atoms with van der Waals surface area (Å²) in [4.78, 5) is 37.3. The fourth-order valence-electron chi connectivity index (χ4n) is 5.41. The third kappa shape index (κ3) is 9.68. The van der Waals surface area contributed by atoms with Crippen LogP contribution in [0.1, 0.15) is 62.0 Å². The number of aromatic nitrogens is 2. The Labute approximate surface area is 233 Å². The fraction of sp³-hybridized carbons (Fsp3) is 0.607. The number of carboxylic acid groups (broad SMARTS) is 3. The van der Waals surface area contributed by atoms with Crippen LogP contribution in [0.3, 0.4) is 0 Å². The molecule has 0 unspecified atom stereocenters. The molecule has 3 heterocycles. The van der Waals surface area contributed by atoms with Gasteiger partial charge in [0.1, 0.15) is 5.76 Å². The summed E-state index contributed by atoms with van der Waals surface area (Å²) in [5.74, 6) is -2.76. The smallest absolute Gasteiger partial charge is 0.336 e. The van der Waals surface area contributed by atoms with Crippen molar-refractivity contribution in [2.24, 2.45) is 11.8 Å². The molecule has 12 heteroatoms. The molecule has 2 atom stereocenters. The topological polar surface area (TPSA) is 184 Å². The van der Waals surface area contributed by atoms with Crippen LogP contribution < -0.4 is 0 Å². The average Bonchev–Trinajstić information content (AvgIpc) is 3.53. The van der Waals surface area contributed by atoms with E-state index in [1.54, 1.807) is 0 Å². The monoisotopic (exact) mass is 561 g/mol. The Kier molecular flexibility index (Phi) is 11.6. The van der Waals surface area contributed by atoms with Gasteiger partial charge in [-0.15, -0.1) is 0 Å². The van der Waals surface area contributed by atoms with Crippen molar-refractivity contribution in [2.75, 3.05) is 19.8 Å². The van der Waals surface area contributed by atoms with E-state index in [0.717, 1.165) is 43.6 Å². The molecule has 4 rings (SSSR count). The molecule has 0 radical (unpaired) electrons. The van der Waals surface area contributed by atoms with Crippen molar-refractivity contribution in [1.29, 1.82) is 0 Å². The van der Waals surface area contributed by atoms with Crippen molar-refractivity contribution in [1.82, 2.24) is 15.0 Å². The Morgan fingerprint density at radius 3 is 2.23 bits per heavy atom. The van der Waals surface area contributed by atoms with Gasteiger partial charge in [0.15, 0.2) is 5.60 Å². The van der Waals surface area contributed by atoms with Gasteiger partial charge in [-0.3, -0.25) is 19.5 Å². The molecule has 1 saturated heterocycles. The number of ether oxygens (including phenoxy) is 1. The zero-order valence-corrected chi connectivity index (χ0v) is 22.8. The molecule has 0 aromatic carbocycles. The van der Waals surface area contributed by atoms with Crippen LogP contribution in [-0.2, 0) is 32.1 Å². The summed E-state index contributed by atoms with van der Waals surface area (Å²) in [6.07, 6.45) is 9.32. The molecule has 2 aliphatic rings. The van der Waals surface area contributed by atoms with Crippen molar-refractivity contribution < 1.29 is 44.1 Å². The van der Waals surface area contributed by atoms with E-state index in [0.29, 0.717) is 12.0 Å². The van der Waals surface area contributed by atoms with Crippen LogP contribution in [0.2, 0.25) is 0 Å². The molecule has 1 saturated carbocycles. The molecular formula is C28H39N3O9. The average molecular weight is 562 g/mol. The summed E-state index contributed by atoms with van der Waals surface area (Å²) in [5.41, 5.74) is -0.448. The molecule has 0 spiro atoms. The van der Waals surface area contributed by atoms with Gasteiger partial charge in [-0.05, 0) is 43.4 Å². The number of carboxylic acids is 3. The zero-order valence-electron chi connectivity index (χ0n) is 22.8. The maximum absolute atomic E-state index is 10.3. The second-order valence-corrected chi connectivity index (χ2v) is 10.8. The lowest BCUT2D eigenvalue weighted by atomic mass is 9.87. The van der Waals surface area contributed by atoms with Gasteiger partial charge >= 0.3 is 17.9 Å². The molecular weight excluding hydrogens is 522 g/mol. The van der Waals surface area contributed by atoms with Crippen LogP contribution in [-0.4, -0.2) is 84.8 Å². The molecule has 4 N–H and O–H groups in total. The third-order valence-electron chi connectivity index (χ3n) is 7.41. The standard InChI is InChI=1S/C22H31N3O2.C6H8O7/c1-17-11-21(27-24-17)12-20-15-26-16-22(20)25(13-18-5-3-2-4-6-18)14-19-7-9-23-10-8-19;7-3(8)1-6(13,5(11)12)2-4(9)10/h7-11,18,20,22H,2-6,12-16H2,1H3;13H,1-2H2,(H,7,8)(H,9,10)(H,11,12)/t20-,22-;/m1./s1. The second-order valence-electron chi connectivity index (χ2n) is 10.8. The van der Waals surface area contributed by atoms with E-state index in [9.17, 15) is 14.4 Å². The van der Waals surface area contributed by atoms with Crippen molar-refractivity contribution in [3.63, 3.8) is 0 Å². The molecule has 0 amide bonds. The van der Waals surface area contributed by atoms with E-state index in [1.165, 1.54) is 44.2 Å². The number of pyridine rings is 1. The first kappa shape index (κ1) is 31.2. The first-order valence-corrected chi connectivity index (χ1v) is 13.6. The Morgan fingerprint density at radius 1 is 1.02 bits per heavy atom. The number of aliphatic carboxylic acids is 3. The Morgan fingerprint density at radius 2 is 1.68 bits per heavy atom. The first-order chi connectivity index (χ1) is 19.1. The SMILES string of the molecule is Cc1cc(C[C@@H]2COC[C@H]2N(Cc2ccncc2)CC2CCCCC2)on1.O=C(O)CC(O)(CC(=O)O)C(=O)O. The van der Waals surface area contributed by atoms with Gasteiger partial charge in [0.2, 0.25) is 0 Å². The lowest BCUT2D eigenvalue weighted by Gasteiger charge is -2.35. The number of hydrogen-bond acceptors (Lipinski definition) is 9. The summed E-state index contributed by atoms with van der Waals surface area (Å²) in [6.45, 7) is 5.74. The minimum absolute atomic E-state index is 0.436. The van der Waals surface area contributed by atoms with Gasteiger partial charge in [0, 0.05) is 49.9 Å². The maximum Gasteiger partial charge on any atom is 0.336 e. The number of nitrogens with zero attached hydrogens (tertiary/aromatic N) is 3. The Balaban J connectivity index is 0.000000289. The van der Waals surface area contributed by atoms with E-state index in [-0.39, 0.29) is 0 Å². The normalized spacial score (nSPS) is 19.7. The minimum Gasteiger partial charge on any atom is -0.481 e. The number of carbonyl (C=O) groups is 3. The highest BCUT2D eigenvalue weighted by atomic mass is 16.5. The van der Waals surface area contributed by atoms with Crippen molar-refractivity contribution >= 4 is 17.9 Å². The summed E-state index contributed by atoms with van der Waals surface area (Å²) in [6, 6.07) is 6.77. The molecule has 0 bridgehead atoms. The van der Waals surface area contributed by atoms with Crippen LogP contribution >= 0.6 is 0 Å². The fourth-order valence-corrected chi connectivity index (χ4v) is 5.41. The number of aliphatic hydroxyl groups is 1. The highest BCUT2D eigenvalue weighted by Gasteiger charge is 2.41. The van der Waals surface area contributed by atoms with E-state index in [4.69, 9.17) is 29.7 Å². The third-order valence-corrected chi connectivity index (χ3v) is 7.41. The van der Waals surface area contributed by atoms with Gasteiger partial charge in [-0.1, -0.05) is 24.4 Å². The lowest BCUT2D eigenvalue weighted by Crippen LogP contribution is -2.43. The molecule has 220 valence electrons. The quantitative estimate of drug-likeness (QED) is 0.298. The number of hydrogen-bond donors (Lipinski definition) is 4. The maximum atomic E-state index is 10.3. The molecule has 1 aliphatic heterocycles. The van der Waals surface area contributed by atoms with Crippen LogP contribution in [0, 0.1) is 18.8 Å². The predicted molar refractivity (Wildman–Crippen MR) is 141 cm³/mol. The summed E-state index contributed by atoms with van der Waals surface area (Å²) >= 11 is 0. The van der Waals surface area contributed by atoms with Crippen molar-refractivity contribution in [3.8, 4) is 0 Å². The molecule has 12 nitrogen and oxygen atoms in total. The summed E-state index contributed by atoms with van der Waals surface area (Å²) in [5, 5.41) is 37.9. The van der Waals surface area contributed by atoms with Crippen LogP contribution in [0.15, 0.2) is 35.1 Å². The molecule has 2 aromatic rings. The molecule has 2 aromatic heterocycles. The van der Waals surface area contributed by atoms with E-state index >= 15 is 0 Å². The largest absolute Gasteiger partial charge is 0.481 e. The zero-order chi connectivity index (χ0) is 29.1. The Bertz CT molecular complexity index is 1090. The lowest BCUT2D eigenvalue weighted by molar-refractivity contribution is -0.170. The van der Waals surface area contributed by atoms with Crippen molar-refractivity contribution in [3.05, 3.63) is 47.6 Å². The molecule has 1 aliphatic carbocycles. The number of rotatable bonds is 12. The predicted octanol–water partition coefficient (Wildman–Crippen LogP) is 2.77. The van der Waals surface area contributed by atoms with E-state index in [2.05, 4.69) is 33.2 Å². The van der Waals surface area contributed by atoms with E-state index in [1.807, 2.05) is 19.3 Å². The van der Waals surface area contributed by atoms with Crippen molar-refractivity contribution in [2.45, 2.75) is 76.5 Å². The van der Waals surface area contributed by atoms with Crippen LogP contribution in [0.4, 0.5) is 0 Å². The first-order valence-electron chi connectivity index (χ1n) is 13.6. The Hall–Kier alpha value is -3.35. The number of aryl methyl sites for hydroxylation is 1. The van der Waals surface area contributed by atoms with Gasteiger partial charge in [0.05, 0.1) is 31.7 Å². The second kappa shape index (κ2) is 14.9.